The Morgan fingerprint density at radius 3 is 2.76 bits per heavy atom. The van der Waals surface area contributed by atoms with E-state index in [1.807, 2.05) is 0 Å². The Hall–Kier alpha value is -1.55. The van der Waals surface area contributed by atoms with Gasteiger partial charge >= 0.3 is 0 Å². The summed E-state index contributed by atoms with van der Waals surface area (Å²) < 4.78 is 2.57. The summed E-state index contributed by atoms with van der Waals surface area (Å²) in [5, 5.41) is 1.79. The fourth-order valence-corrected chi connectivity index (χ4v) is 5.11. The van der Waals surface area contributed by atoms with Crippen LogP contribution in [0.5, 0.6) is 0 Å². The summed E-state index contributed by atoms with van der Waals surface area (Å²) in [6.07, 6.45) is 3.06. The fraction of sp³-hybridized carbons (Fsp3) is 0.312. The molecule has 0 atom stereocenters. The summed E-state index contributed by atoms with van der Waals surface area (Å²) in [4.78, 5) is 35.4. The molecule has 0 aromatic carbocycles. The van der Waals surface area contributed by atoms with Crippen LogP contribution in [0.3, 0.4) is 0 Å². The van der Waals surface area contributed by atoms with Crippen LogP contribution in [0, 0.1) is 0 Å². The summed E-state index contributed by atoms with van der Waals surface area (Å²) in [5.41, 5.74) is -0.145. The van der Waals surface area contributed by atoms with Crippen LogP contribution in [0.15, 0.2) is 38.5 Å². The first-order valence-corrected chi connectivity index (χ1v) is 10.3. The molecule has 3 aromatic heterocycles. The minimum atomic E-state index is -0.290. The topological polar surface area (TPSA) is 57.9 Å². The number of halogens is 1. The predicted octanol–water partition coefficient (Wildman–Crippen LogP) is 2.54. The van der Waals surface area contributed by atoms with Gasteiger partial charge in [0.15, 0.2) is 4.96 Å². The number of fused-ring (bicyclic) bond motifs is 1. The molecule has 6 nitrogen and oxygen atoms in total. The van der Waals surface area contributed by atoms with E-state index >= 15 is 0 Å². The van der Waals surface area contributed by atoms with Crippen LogP contribution in [0.2, 0.25) is 0 Å². The van der Waals surface area contributed by atoms with Crippen molar-refractivity contribution < 1.29 is 4.79 Å². The third-order valence-electron chi connectivity index (χ3n) is 4.24. The van der Waals surface area contributed by atoms with Gasteiger partial charge in [0.1, 0.15) is 5.56 Å². The highest BCUT2D eigenvalue weighted by atomic mass is 79.9. The molecule has 0 spiro atoms. The number of nitrogens with zero attached hydrogens (tertiary/aromatic N) is 4. The molecule has 0 aliphatic carbocycles. The lowest BCUT2D eigenvalue weighted by atomic mass is 10.2. The van der Waals surface area contributed by atoms with Crippen LogP contribution in [0.1, 0.15) is 15.2 Å². The molecule has 3 aromatic rings. The number of thiophene rings is 1. The van der Waals surface area contributed by atoms with Gasteiger partial charge in [0.2, 0.25) is 0 Å². The molecule has 1 saturated heterocycles. The molecule has 25 heavy (non-hydrogen) atoms. The van der Waals surface area contributed by atoms with Gasteiger partial charge in [-0.05, 0) is 28.1 Å². The van der Waals surface area contributed by atoms with Gasteiger partial charge in [-0.2, -0.15) is 0 Å². The molecular weight excluding hydrogens is 424 g/mol. The molecule has 0 N–H and O–H groups in total. The molecule has 0 saturated carbocycles. The summed E-state index contributed by atoms with van der Waals surface area (Å²) in [6.45, 7) is 3.74. The molecule has 4 heterocycles. The monoisotopic (exact) mass is 438 g/mol. The Morgan fingerprint density at radius 1 is 1.24 bits per heavy atom. The summed E-state index contributed by atoms with van der Waals surface area (Å²) >= 11 is 6.59. The van der Waals surface area contributed by atoms with Gasteiger partial charge in [0, 0.05) is 55.4 Å². The minimum Gasteiger partial charge on any atom is -0.336 e. The van der Waals surface area contributed by atoms with E-state index in [2.05, 4.69) is 37.9 Å². The highest BCUT2D eigenvalue weighted by Gasteiger charge is 2.25. The third-order valence-corrected chi connectivity index (χ3v) is 6.62. The highest BCUT2D eigenvalue weighted by Crippen LogP contribution is 2.23. The number of thiazole rings is 1. The zero-order chi connectivity index (χ0) is 17.4. The van der Waals surface area contributed by atoms with E-state index in [1.54, 1.807) is 27.8 Å². The van der Waals surface area contributed by atoms with Gasteiger partial charge in [-0.1, -0.05) is 0 Å². The predicted molar refractivity (Wildman–Crippen MR) is 103 cm³/mol. The Balaban J connectivity index is 1.43. The molecule has 0 radical (unpaired) electrons. The molecular formula is C16H15BrN4O2S2. The normalized spacial score (nSPS) is 15.8. The van der Waals surface area contributed by atoms with E-state index in [9.17, 15) is 9.59 Å². The molecule has 0 bridgehead atoms. The molecule has 1 fully saturated rings. The largest absolute Gasteiger partial charge is 0.336 e. The van der Waals surface area contributed by atoms with Crippen LogP contribution in [0.4, 0.5) is 0 Å². The van der Waals surface area contributed by atoms with Crippen molar-refractivity contribution in [1.29, 1.82) is 0 Å². The second-order valence-electron chi connectivity index (χ2n) is 5.81. The van der Waals surface area contributed by atoms with Gasteiger partial charge in [0.25, 0.3) is 11.5 Å². The molecule has 9 heteroatoms. The number of aromatic nitrogens is 2. The van der Waals surface area contributed by atoms with E-state index in [4.69, 9.17) is 0 Å². The number of carbonyl (C=O) groups excluding carboxylic acids is 1. The smallest absolute Gasteiger partial charge is 0.271 e. The van der Waals surface area contributed by atoms with Gasteiger partial charge in [-0.3, -0.25) is 18.9 Å². The highest BCUT2D eigenvalue weighted by molar-refractivity contribution is 9.11. The third kappa shape index (κ3) is 3.41. The maximum atomic E-state index is 12.7. The Labute approximate surface area is 160 Å². The van der Waals surface area contributed by atoms with Crippen molar-refractivity contribution in [2.45, 2.75) is 6.54 Å². The van der Waals surface area contributed by atoms with Crippen LogP contribution in [-0.4, -0.2) is 51.3 Å². The van der Waals surface area contributed by atoms with E-state index in [0.29, 0.717) is 18.1 Å². The zero-order valence-corrected chi connectivity index (χ0v) is 16.4. The average molecular weight is 439 g/mol. The first-order chi connectivity index (χ1) is 12.1. The second kappa shape index (κ2) is 6.99. The van der Waals surface area contributed by atoms with E-state index in [0.717, 1.165) is 23.4 Å². The standard InChI is InChI=1S/C16H15BrN4O2S2/c17-13-2-1-11(25-13)10-19-3-5-20(6-4-19)14(22)12-9-18-16-21(15(12)23)7-8-24-16/h1-2,7-9H,3-6,10H2. The van der Waals surface area contributed by atoms with Crippen molar-refractivity contribution in [3.05, 3.63) is 54.5 Å². The van der Waals surface area contributed by atoms with E-state index < -0.39 is 0 Å². The number of rotatable bonds is 3. The lowest BCUT2D eigenvalue weighted by Crippen LogP contribution is -2.49. The first-order valence-electron chi connectivity index (χ1n) is 7.82. The van der Waals surface area contributed by atoms with Gasteiger partial charge < -0.3 is 4.90 Å². The van der Waals surface area contributed by atoms with Crippen molar-refractivity contribution in [3.8, 4) is 0 Å². The summed E-state index contributed by atoms with van der Waals surface area (Å²) in [6, 6.07) is 4.18. The Bertz CT molecular complexity index is 972. The van der Waals surface area contributed by atoms with E-state index in [-0.39, 0.29) is 17.0 Å². The maximum Gasteiger partial charge on any atom is 0.271 e. The second-order valence-corrected chi connectivity index (χ2v) is 9.23. The molecule has 1 amide bonds. The summed E-state index contributed by atoms with van der Waals surface area (Å²) in [7, 11) is 0. The number of piperazine rings is 1. The minimum absolute atomic E-state index is 0.145. The number of hydrogen-bond acceptors (Lipinski definition) is 6. The number of hydrogen-bond donors (Lipinski definition) is 0. The van der Waals surface area contributed by atoms with E-state index in [1.165, 1.54) is 26.8 Å². The Kier molecular flexibility index (Phi) is 4.72. The molecule has 0 unspecified atom stereocenters. The SMILES string of the molecule is O=C(c1cnc2sccn2c1=O)N1CCN(Cc2ccc(Br)s2)CC1. The molecule has 1 aliphatic rings. The molecule has 130 valence electrons. The lowest BCUT2D eigenvalue weighted by Gasteiger charge is -2.34. The van der Waals surface area contributed by atoms with Crippen LogP contribution in [0.25, 0.3) is 4.96 Å². The zero-order valence-electron chi connectivity index (χ0n) is 13.2. The first kappa shape index (κ1) is 16.9. The lowest BCUT2D eigenvalue weighted by molar-refractivity contribution is 0.0627. The number of carbonyl (C=O) groups is 1. The van der Waals surface area contributed by atoms with Crippen LogP contribution < -0.4 is 5.56 Å². The van der Waals surface area contributed by atoms with Crippen molar-refractivity contribution in [1.82, 2.24) is 19.2 Å². The molecule has 1 aliphatic heterocycles. The average Bonchev–Trinajstić information content (AvgIpc) is 3.25. The fourth-order valence-electron chi connectivity index (χ4n) is 2.91. The quantitative estimate of drug-likeness (QED) is 0.630. The number of amides is 1. The van der Waals surface area contributed by atoms with Gasteiger partial charge in [-0.25, -0.2) is 4.98 Å². The van der Waals surface area contributed by atoms with Crippen molar-refractivity contribution in [2.24, 2.45) is 0 Å². The van der Waals surface area contributed by atoms with Crippen molar-refractivity contribution >= 4 is 49.5 Å². The van der Waals surface area contributed by atoms with Crippen molar-refractivity contribution in [3.63, 3.8) is 0 Å². The maximum absolute atomic E-state index is 12.7. The van der Waals surface area contributed by atoms with Crippen molar-refractivity contribution in [2.75, 3.05) is 26.2 Å². The Morgan fingerprint density at radius 2 is 2.04 bits per heavy atom. The van der Waals surface area contributed by atoms with Gasteiger partial charge in [0.05, 0.1) is 3.79 Å². The van der Waals surface area contributed by atoms with Crippen LogP contribution >= 0.6 is 38.6 Å². The summed E-state index contributed by atoms with van der Waals surface area (Å²) in [5.74, 6) is -0.225. The van der Waals surface area contributed by atoms with Crippen LogP contribution in [-0.2, 0) is 6.54 Å². The van der Waals surface area contributed by atoms with Gasteiger partial charge in [-0.15, -0.1) is 22.7 Å². The molecule has 4 rings (SSSR count).